The van der Waals surface area contributed by atoms with E-state index in [0.717, 1.165) is 17.0 Å². The average Bonchev–Trinajstić information content (AvgIpc) is 2.70. The molecule has 1 fully saturated rings. The third kappa shape index (κ3) is 2.69. The molecule has 1 amide bonds. The number of hydrogen-bond acceptors (Lipinski definition) is 3. The van der Waals surface area contributed by atoms with Gasteiger partial charge >= 0.3 is 5.97 Å². The number of carboxylic acids is 1. The summed E-state index contributed by atoms with van der Waals surface area (Å²) in [5.74, 6) is -2.41. The Morgan fingerprint density at radius 1 is 1.42 bits per heavy atom. The van der Waals surface area contributed by atoms with Crippen molar-refractivity contribution in [3.8, 4) is 0 Å². The number of likely N-dealkylation sites (tertiary alicyclic amines) is 1. The first-order valence-corrected chi connectivity index (χ1v) is 5.95. The van der Waals surface area contributed by atoms with Crippen LogP contribution in [0.1, 0.15) is 16.8 Å². The van der Waals surface area contributed by atoms with Crippen molar-refractivity contribution in [3.05, 3.63) is 34.6 Å². The molecule has 5 nitrogen and oxygen atoms in total. The van der Waals surface area contributed by atoms with Gasteiger partial charge in [0.15, 0.2) is 0 Å². The standard InChI is InChI=1S/C12H11ClFNO4/c13-9-3-6(14)1-2-8(9)11(17)15-5-7(16)4-10(15)12(18)19/h1-3,7,10,16H,4-5H2,(H,18,19)/t7-,10+/m1/s1. The number of halogens is 2. The average molecular weight is 288 g/mol. The number of carbonyl (C=O) groups is 2. The zero-order chi connectivity index (χ0) is 14.2. The van der Waals surface area contributed by atoms with Crippen molar-refractivity contribution < 1.29 is 24.2 Å². The van der Waals surface area contributed by atoms with Crippen molar-refractivity contribution in [2.24, 2.45) is 0 Å². The summed E-state index contributed by atoms with van der Waals surface area (Å²) in [5.41, 5.74) is 0.0171. The first kappa shape index (κ1) is 13.8. The number of benzene rings is 1. The molecule has 19 heavy (non-hydrogen) atoms. The minimum atomic E-state index is -1.19. The molecule has 0 unspecified atom stereocenters. The molecular formula is C12H11ClFNO4. The van der Waals surface area contributed by atoms with Crippen LogP contribution >= 0.6 is 11.6 Å². The monoisotopic (exact) mass is 287 g/mol. The predicted molar refractivity (Wildman–Crippen MR) is 64.5 cm³/mol. The molecule has 0 aromatic heterocycles. The second-order valence-electron chi connectivity index (χ2n) is 4.33. The van der Waals surface area contributed by atoms with Crippen LogP contribution < -0.4 is 0 Å². The van der Waals surface area contributed by atoms with E-state index in [2.05, 4.69) is 0 Å². The lowest BCUT2D eigenvalue weighted by Gasteiger charge is -2.21. The Hall–Kier alpha value is -1.66. The van der Waals surface area contributed by atoms with Gasteiger partial charge in [-0.05, 0) is 18.2 Å². The second-order valence-corrected chi connectivity index (χ2v) is 4.73. The number of carbonyl (C=O) groups excluding carboxylic acids is 1. The maximum atomic E-state index is 12.9. The summed E-state index contributed by atoms with van der Waals surface area (Å²) in [6.07, 6.45) is -0.913. The summed E-state index contributed by atoms with van der Waals surface area (Å²) in [5, 5.41) is 18.4. The molecular weight excluding hydrogens is 277 g/mol. The molecule has 1 aromatic carbocycles. The number of carboxylic acid groups (broad SMARTS) is 1. The van der Waals surface area contributed by atoms with Crippen LogP contribution in [0.5, 0.6) is 0 Å². The van der Waals surface area contributed by atoms with Crippen molar-refractivity contribution in [1.82, 2.24) is 4.90 Å². The van der Waals surface area contributed by atoms with Gasteiger partial charge in [0.05, 0.1) is 16.7 Å². The molecule has 1 aliphatic heterocycles. The van der Waals surface area contributed by atoms with E-state index in [9.17, 15) is 19.1 Å². The van der Waals surface area contributed by atoms with Crippen LogP contribution in [-0.4, -0.2) is 45.7 Å². The van der Waals surface area contributed by atoms with Crippen molar-refractivity contribution in [2.75, 3.05) is 6.54 Å². The minimum absolute atomic E-state index is 0.0171. The number of amides is 1. The van der Waals surface area contributed by atoms with Crippen LogP contribution in [0.3, 0.4) is 0 Å². The van der Waals surface area contributed by atoms with Gasteiger partial charge < -0.3 is 15.1 Å². The number of rotatable bonds is 2. The van der Waals surface area contributed by atoms with Crippen LogP contribution in [0.4, 0.5) is 4.39 Å². The summed E-state index contributed by atoms with van der Waals surface area (Å²) >= 11 is 5.77. The maximum absolute atomic E-state index is 12.9. The highest BCUT2D eigenvalue weighted by Gasteiger charge is 2.39. The molecule has 0 spiro atoms. The smallest absolute Gasteiger partial charge is 0.326 e. The highest BCUT2D eigenvalue weighted by Crippen LogP contribution is 2.24. The van der Waals surface area contributed by atoms with E-state index < -0.39 is 29.8 Å². The summed E-state index contributed by atoms with van der Waals surface area (Å²) < 4.78 is 12.9. The molecule has 2 atom stereocenters. The van der Waals surface area contributed by atoms with E-state index in [1.807, 2.05) is 0 Å². The van der Waals surface area contributed by atoms with Crippen molar-refractivity contribution in [3.63, 3.8) is 0 Å². The lowest BCUT2D eigenvalue weighted by Crippen LogP contribution is -2.40. The Labute approximate surface area is 113 Å². The van der Waals surface area contributed by atoms with Crippen LogP contribution in [0, 0.1) is 5.82 Å². The fourth-order valence-electron chi connectivity index (χ4n) is 2.09. The van der Waals surface area contributed by atoms with Crippen molar-refractivity contribution in [2.45, 2.75) is 18.6 Å². The molecule has 1 aliphatic rings. The van der Waals surface area contributed by atoms with Gasteiger partial charge in [-0.15, -0.1) is 0 Å². The molecule has 1 aromatic rings. The molecule has 0 radical (unpaired) electrons. The van der Waals surface area contributed by atoms with Crippen LogP contribution in [-0.2, 0) is 4.79 Å². The number of aliphatic carboxylic acids is 1. The zero-order valence-electron chi connectivity index (χ0n) is 9.72. The van der Waals surface area contributed by atoms with Gasteiger partial charge in [0.25, 0.3) is 5.91 Å². The summed E-state index contributed by atoms with van der Waals surface area (Å²) in [4.78, 5) is 24.3. The summed E-state index contributed by atoms with van der Waals surface area (Å²) in [6.45, 7) is -0.0799. The Balaban J connectivity index is 2.30. The number of nitrogens with zero attached hydrogens (tertiary/aromatic N) is 1. The van der Waals surface area contributed by atoms with Gasteiger partial charge in [-0.1, -0.05) is 11.6 Å². The van der Waals surface area contributed by atoms with E-state index in [1.54, 1.807) is 0 Å². The largest absolute Gasteiger partial charge is 0.480 e. The van der Waals surface area contributed by atoms with E-state index in [-0.39, 0.29) is 23.6 Å². The molecule has 0 saturated carbocycles. The number of β-amino-alcohol motifs (C(OH)–C–C–N with tert-alkyl or cyclic N) is 1. The van der Waals surface area contributed by atoms with Crippen LogP contribution in [0.2, 0.25) is 5.02 Å². The Morgan fingerprint density at radius 3 is 2.68 bits per heavy atom. The number of aliphatic hydroxyl groups excluding tert-OH is 1. The topological polar surface area (TPSA) is 77.8 Å². The lowest BCUT2D eigenvalue weighted by atomic mass is 10.1. The minimum Gasteiger partial charge on any atom is -0.480 e. The van der Waals surface area contributed by atoms with Crippen LogP contribution in [0.15, 0.2) is 18.2 Å². The highest BCUT2D eigenvalue weighted by atomic mass is 35.5. The quantitative estimate of drug-likeness (QED) is 0.855. The fraction of sp³-hybridized carbons (Fsp3) is 0.333. The Bertz CT molecular complexity index is 536. The highest BCUT2D eigenvalue weighted by molar-refractivity contribution is 6.33. The van der Waals surface area contributed by atoms with E-state index in [4.69, 9.17) is 16.7 Å². The third-order valence-corrected chi connectivity index (χ3v) is 3.30. The number of aliphatic hydroxyl groups is 1. The van der Waals surface area contributed by atoms with Gasteiger partial charge in [0, 0.05) is 13.0 Å². The van der Waals surface area contributed by atoms with E-state index in [0.29, 0.717) is 0 Å². The SMILES string of the molecule is O=C(O)[C@@H]1C[C@@H](O)CN1C(=O)c1ccc(F)cc1Cl. The fourth-order valence-corrected chi connectivity index (χ4v) is 2.34. The van der Waals surface area contributed by atoms with Gasteiger partial charge in [0.2, 0.25) is 0 Å². The van der Waals surface area contributed by atoms with Gasteiger partial charge in [-0.3, -0.25) is 4.79 Å². The molecule has 1 saturated heterocycles. The predicted octanol–water partition coefficient (Wildman–Crippen LogP) is 1.14. The Kier molecular flexibility index (Phi) is 3.73. The van der Waals surface area contributed by atoms with Gasteiger partial charge in [-0.2, -0.15) is 0 Å². The van der Waals surface area contributed by atoms with E-state index in [1.165, 1.54) is 6.07 Å². The molecule has 2 rings (SSSR count). The lowest BCUT2D eigenvalue weighted by molar-refractivity contribution is -0.141. The molecule has 0 bridgehead atoms. The third-order valence-electron chi connectivity index (χ3n) is 2.99. The van der Waals surface area contributed by atoms with Crippen molar-refractivity contribution in [1.29, 1.82) is 0 Å². The molecule has 7 heteroatoms. The molecule has 2 N–H and O–H groups in total. The molecule has 0 aliphatic carbocycles. The first-order valence-electron chi connectivity index (χ1n) is 5.57. The normalized spacial score (nSPS) is 22.6. The first-order chi connectivity index (χ1) is 8.90. The summed E-state index contributed by atoms with van der Waals surface area (Å²) in [6, 6.07) is 2.16. The molecule has 1 heterocycles. The van der Waals surface area contributed by atoms with Crippen molar-refractivity contribution >= 4 is 23.5 Å². The van der Waals surface area contributed by atoms with E-state index >= 15 is 0 Å². The van der Waals surface area contributed by atoms with Crippen LogP contribution in [0.25, 0.3) is 0 Å². The Morgan fingerprint density at radius 2 is 2.11 bits per heavy atom. The molecule has 102 valence electrons. The zero-order valence-corrected chi connectivity index (χ0v) is 10.5. The summed E-state index contributed by atoms with van der Waals surface area (Å²) in [7, 11) is 0. The number of hydrogen-bond donors (Lipinski definition) is 2. The van der Waals surface area contributed by atoms with Gasteiger partial charge in [-0.25, -0.2) is 9.18 Å². The maximum Gasteiger partial charge on any atom is 0.326 e. The van der Waals surface area contributed by atoms with Gasteiger partial charge in [0.1, 0.15) is 11.9 Å². The second kappa shape index (κ2) is 5.14.